The first-order valence-electron chi connectivity index (χ1n) is 5.42. The molecule has 0 radical (unpaired) electrons. The quantitative estimate of drug-likeness (QED) is 0.871. The summed E-state index contributed by atoms with van der Waals surface area (Å²) in [6, 6.07) is 1.19. The summed E-state index contributed by atoms with van der Waals surface area (Å²) in [5.41, 5.74) is 0. The largest absolute Gasteiger partial charge is 0.477 e. The van der Waals surface area contributed by atoms with Crippen LogP contribution in [0.25, 0.3) is 0 Å². The van der Waals surface area contributed by atoms with E-state index in [1.165, 1.54) is 10.4 Å². The number of sulfonamides is 1. The zero-order valence-electron chi connectivity index (χ0n) is 10.00. The van der Waals surface area contributed by atoms with E-state index < -0.39 is 16.0 Å². The number of carbonyl (C=O) groups is 1. The molecule has 106 valence electrons. The van der Waals surface area contributed by atoms with Crippen LogP contribution in [0.3, 0.4) is 0 Å². The minimum Gasteiger partial charge on any atom is -0.477 e. The number of carboxylic acids is 1. The van der Waals surface area contributed by atoms with Gasteiger partial charge < -0.3 is 9.84 Å². The lowest BCUT2D eigenvalue weighted by molar-refractivity contribution is 0.0702. The predicted octanol–water partition coefficient (Wildman–Crippen LogP) is 1.62. The lowest BCUT2D eigenvalue weighted by atomic mass is 10.3. The standard InChI is InChI=1S/C10H12BrNO5S2/c1-17-6-2-3-12(5-6)19(15,16)8-4-7(10(13)14)18-9(8)11/h4,6H,2-3,5H2,1H3,(H,13,14). The van der Waals surface area contributed by atoms with Gasteiger partial charge in [-0.05, 0) is 28.4 Å². The van der Waals surface area contributed by atoms with Gasteiger partial charge in [-0.15, -0.1) is 11.3 Å². The Hall–Kier alpha value is -0.480. The Bertz CT molecular complexity index is 597. The summed E-state index contributed by atoms with van der Waals surface area (Å²) >= 11 is 4.01. The van der Waals surface area contributed by atoms with Crippen LogP contribution in [0.1, 0.15) is 16.1 Å². The molecule has 0 aliphatic carbocycles. The molecule has 1 aromatic rings. The molecule has 9 heteroatoms. The van der Waals surface area contributed by atoms with Gasteiger partial charge in [0.1, 0.15) is 9.77 Å². The van der Waals surface area contributed by atoms with E-state index in [1.54, 1.807) is 7.11 Å². The third-order valence-corrected chi connectivity index (χ3v) is 7.03. The second kappa shape index (κ2) is 5.49. The molecule has 1 fully saturated rings. The molecule has 6 nitrogen and oxygen atoms in total. The van der Waals surface area contributed by atoms with Gasteiger partial charge in [0, 0.05) is 20.2 Å². The van der Waals surface area contributed by atoms with Gasteiger partial charge in [0.05, 0.1) is 9.89 Å². The molecule has 1 aliphatic rings. The second-order valence-corrected chi connectivity index (χ2v) is 8.34. The Labute approximate surface area is 123 Å². The van der Waals surface area contributed by atoms with E-state index in [2.05, 4.69) is 15.9 Å². The zero-order chi connectivity index (χ0) is 14.2. The van der Waals surface area contributed by atoms with Crippen molar-refractivity contribution in [2.45, 2.75) is 17.4 Å². The number of rotatable bonds is 4. The Morgan fingerprint density at radius 2 is 2.32 bits per heavy atom. The highest BCUT2D eigenvalue weighted by molar-refractivity contribution is 9.11. The van der Waals surface area contributed by atoms with Crippen LogP contribution in [-0.4, -0.2) is 50.1 Å². The van der Waals surface area contributed by atoms with Gasteiger partial charge in [0.2, 0.25) is 10.0 Å². The molecule has 0 bridgehead atoms. The van der Waals surface area contributed by atoms with Crippen molar-refractivity contribution in [1.29, 1.82) is 0 Å². The lowest BCUT2D eigenvalue weighted by Crippen LogP contribution is -2.30. The molecule has 0 spiro atoms. The number of ether oxygens (including phenoxy) is 1. The Balaban J connectivity index is 2.32. The zero-order valence-corrected chi connectivity index (χ0v) is 13.2. The van der Waals surface area contributed by atoms with Crippen LogP contribution >= 0.6 is 27.3 Å². The van der Waals surface area contributed by atoms with E-state index in [-0.39, 0.29) is 15.9 Å². The minimum absolute atomic E-state index is 0.00616. The van der Waals surface area contributed by atoms with Crippen LogP contribution in [-0.2, 0) is 14.8 Å². The number of thiophene rings is 1. The molecule has 1 saturated heterocycles. The predicted molar refractivity (Wildman–Crippen MR) is 73.2 cm³/mol. The fourth-order valence-electron chi connectivity index (χ4n) is 1.88. The van der Waals surface area contributed by atoms with Gasteiger partial charge in [0.15, 0.2) is 0 Å². The lowest BCUT2D eigenvalue weighted by Gasteiger charge is -2.15. The third-order valence-electron chi connectivity index (χ3n) is 2.93. The maximum absolute atomic E-state index is 12.4. The number of nitrogens with zero attached hydrogens (tertiary/aromatic N) is 1. The molecule has 1 atom stereocenters. The first kappa shape index (κ1) is 14.9. The molecule has 0 aromatic carbocycles. The van der Waals surface area contributed by atoms with Crippen LogP contribution < -0.4 is 0 Å². The van der Waals surface area contributed by atoms with Crippen LogP contribution in [0.15, 0.2) is 14.7 Å². The SMILES string of the molecule is COC1CCN(S(=O)(=O)c2cc(C(=O)O)sc2Br)C1. The van der Waals surface area contributed by atoms with Gasteiger partial charge in [-0.1, -0.05) is 0 Å². The van der Waals surface area contributed by atoms with Crippen molar-refractivity contribution in [2.24, 2.45) is 0 Å². The average Bonchev–Trinajstić information content (AvgIpc) is 2.95. The Morgan fingerprint density at radius 1 is 1.63 bits per heavy atom. The fraction of sp³-hybridized carbons (Fsp3) is 0.500. The molecule has 1 unspecified atom stereocenters. The summed E-state index contributed by atoms with van der Waals surface area (Å²) in [6.45, 7) is 0.676. The molecule has 2 heterocycles. The number of hydrogen-bond acceptors (Lipinski definition) is 5. The minimum atomic E-state index is -3.67. The smallest absolute Gasteiger partial charge is 0.345 e. The van der Waals surface area contributed by atoms with Gasteiger partial charge in [0.25, 0.3) is 0 Å². The highest BCUT2D eigenvalue weighted by atomic mass is 79.9. The third kappa shape index (κ3) is 2.84. The molecule has 1 aromatic heterocycles. The summed E-state index contributed by atoms with van der Waals surface area (Å²) in [4.78, 5) is 10.9. The molecular formula is C10H12BrNO5S2. The first-order valence-corrected chi connectivity index (χ1v) is 8.46. The van der Waals surface area contributed by atoms with Crippen molar-refractivity contribution in [1.82, 2.24) is 4.31 Å². The maximum atomic E-state index is 12.4. The summed E-state index contributed by atoms with van der Waals surface area (Å²) in [6.07, 6.45) is 0.537. The number of methoxy groups -OCH3 is 1. The highest BCUT2D eigenvalue weighted by Crippen LogP contribution is 2.34. The fourth-order valence-corrected chi connectivity index (χ4v) is 5.72. The molecule has 0 amide bonds. The van der Waals surface area contributed by atoms with Crippen LogP contribution in [0.2, 0.25) is 0 Å². The number of hydrogen-bond donors (Lipinski definition) is 1. The van der Waals surface area contributed by atoms with Gasteiger partial charge in [-0.25, -0.2) is 13.2 Å². The van der Waals surface area contributed by atoms with E-state index in [0.29, 0.717) is 23.3 Å². The molecule has 2 rings (SSSR count). The average molecular weight is 370 g/mol. The van der Waals surface area contributed by atoms with Gasteiger partial charge in [-0.2, -0.15) is 4.31 Å². The highest BCUT2D eigenvalue weighted by Gasteiger charge is 2.35. The Kier molecular flexibility index (Phi) is 4.31. The molecule has 1 aliphatic heterocycles. The molecule has 19 heavy (non-hydrogen) atoms. The maximum Gasteiger partial charge on any atom is 0.345 e. The summed E-state index contributed by atoms with van der Waals surface area (Å²) in [5.74, 6) is -1.14. The number of halogens is 1. The van der Waals surface area contributed by atoms with Crippen molar-refractivity contribution in [2.75, 3.05) is 20.2 Å². The summed E-state index contributed by atoms with van der Waals surface area (Å²) in [5, 5.41) is 8.89. The van der Waals surface area contributed by atoms with Crippen molar-refractivity contribution in [3.63, 3.8) is 0 Å². The van der Waals surface area contributed by atoms with E-state index in [4.69, 9.17) is 9.84 Å². The van der Waals surface area contributed by atoms with Crippen molar-refractivity contribution < 1.29 is 23.1 Å². The number of aromatic carboxylic acids is 1. The molecule has 1 N–H and O–H groups in total. The summed E-state index contributed by atoms with van der Waals surface area (Å²) < 4.78 is 31.6. The molecule has 0 saturated carbocycles. The van der Waals surface area contributed by atoms with E-state index in [9.17, 15) is 13.2 Å². The van der Waals surface area contributed by atoms with Gasteiger partial charge in [-0.3, -0.25) is 0 Å². The van der Waals surface area contributed by atoms with Crippen molar-refractivity contribution in [3.8, 4) is 0 Å². The van der Waals surface area contributed by atoms with Crippen LogP contribution in [0, 0.1) is 0 Å². The normalized spacial score (nSPS) is 20.8. The number of carboxylic acid groups (broad SMARTS) is 1. The van der Waals surface area contributed by atoms with Crippen LogP contribution in [0.4, 0.5) is 0 Å². The monoisotopic (exact) mass is 369 g/mol. The second-order valence-electron chi connectivity index (χ2n) is 4.06. The van der Waals surface area contributed by atoms with Crippen molar-refractivity contribution >= 4 is 43.3 Å². The van der Waals surface area contributed by atoms with Crippen LogP contribution in [0.5, 0.6) is 0 Å². The Morgan fingerprint density at radius 3 is 2.79 bits per heavy atom. The van der Waals surface area contributed by atoms with Crippen molar-refractivity contribution in [3.05, 3.63) is 14.7 Å². The van der Waals surface area contributed by atoms with E-state index >= 15 is 0 Å². The molecular weight excluding hydrogens is 358 g/mol. The first-order chi connectivity index (χ1) is 8.86. The summed E-state index contributed by atoms with van der Waals surface area (Å²) in [7, 11) is -2.13. The van der Waals surface area contributed by atoms with E-state index in [1.807, 2.05) is 0 Å². The van der Waals surface area contributed by atoms with E-state index in [0.717, 1.165) is 11.3 Å². The van der Waals surface area contributed by atoms with Gasteiger partial charge >= 0.3 is 5.97 Å². The topological polar surface area (TPSA) is 83.9 Å².